The lowest BCUT2D eigenvalue weighted by molar-refractivity contribution is -0.0968. The Labute approximate surface area is 73.5 Å². The number of alkyl halides is 1. The predicted molar refractivity (Wildman–Crippen MR) is 44.7 cm³/mol. The minimum Gasteiger partial charge on any atom is -0.389 e. The van der Waals surface area contributed by atoms with E-state index in [2.05, 4.69) is 0 Å². The largest absolute Gasteiger partial charge is 0.389 e. The molecule has 0 bridgehead atoms. The summed E-state index contributed by atoms with van der Waals surface area (Å²) in [6.45, 7) is 3.29. The molecule has 0 aromatic rings. The minimum atomic E-state index is -0.758. The van der Waals surface area contributed by atoms with E-state index in [-0.39, 0.29) is 10.0 Å². The van der Waals surface area contributed by atoms with Crippen molar-refractivity contribution >= 4 is 22.6 Å². The summed E-state index contributed by atoms with van der Waals surface area (Å²) in [6.07, 6.45) is -1.74. The SMILES string of the molecule is C[C@H]1O[CH][C@H](I)[C@@H](O)[C@@H]1O. The third-order valence-electron chi connectivity index (χ3n) is 1.58. The van der Waals surface area contributed by atoms with Gasteiger partial charge >= 0.3 is 0 Å². The van der Waals surface area contributed by atoms with Gasteiger partial charge in [-0.2, -0.15) is 0 Å². The van der Waals surface area contributed by atoms with Crippen LogP contribution in [0, 0.1) is 6.61 Å². The topological polar surface area (TPSA) is 49.7 Å². The van der Waals surface area contributed by atoms with Crippen molar-refractivity contribution in [3.8, 4) is 0 Å². The zero-order valence-corrected chi connectivity index (χ0v) is 7.72. The molecule has 59 valence electrons. The molecule has 3 nitrogen and oxygen atoms in total. The Morgan fingerprint density at radius 2 is 2.00 bits per heavy atom. The first-order valence-corrected chi connectivity index (χ1v) is 4.36. The van der Waals surface area contributed by atoms with Crippen molar-refractivity contribution in [1.29, 1.82) is 0 Å². The third kappa shape index (κ3) is 1.61. The number of ether oxygens (including phenoxy) is 1. The number of hydrogen-bond donors (Lipinski definition) is 2. The van der Waals surface area contributed by atoms with E-state index >= 15 is 0 Å². The van der Waals surface area contributed by atoms with Crippen molar-refractivity contribution in [3.05, 3.63) is 6.61 Å². The number of aliphatic hydroxyl groups excluding tert-OH is 2. The molecular weight excluding hydrogens is 247 g/mol. The number of aliphatic hydroxyl groups is 2. The molecule has 2 N–H and O–H groups in total. The molecular formula is C6H10IO3. The summed E-state index contributed by atoms with van der Waals surface area (Å²) in [7, 11) is 0. The lowest BCUT2D eigenvalue weighted by Crippen LogP contribution is -2.47. The van der Waals surface area contributed by atoms with Gasteiger partial charge in [0.05, 0.1) is 22.7 Å². The van der Waals surface area contributed by atoms with Gasteiger partial charge in [0, 0.05) is 0 Å². The van der Waals surface area contributed by atoms with Crippen LogP contribution in [-0.2, 0) is 4.74 Å². The van der Waals surface area contributed by atoms with Gasteiger partial charge in [-0.25, -0.2) is 0 Å². The van der Waals surface area contributed by atoms with E-state index in [0.29, 0.717) is 0 Å². The van der Waals surface area contributed by atoms with E-state index in [4.69, 9.17) is 4.74 Å². The monoisotopic (exact) mass is 257 g/mol. The Balaban J connectivity index is 2.52. The van der Waals surface area contributed by atoms with E-state index in [0.717, 1.165) is 0 Å². The van der Waals surface area contributed by atoms with Crippen LogP contribution < -0.4 is 0 Å². The standard InChI is InChI=1S/C6H10IO3/c1-3-5(8)6(9)4(7)2-10-3/h2-6,8-9H,1H3/t3-,4+,5-,6-/m1/s1. The van der Waals surface area contributed by atoms with Crippen LogP contribution in [0.1, 0.15) is 6.92 Å². The Hall–Kier alpha value is 0.610. The second-order valence-electron chi connectivity index (χ2n) is 2.40. The number of halogens is 1. The molecule has 10 heavy (non-hydrogen) atoms. The Morgan fingerprint density at radius 1 is 1.40 bits per heavy atom. The van der Waals surface area contributed by atoms with Gasteiger partial charge in [-0.3, -0.25) is 0 Å². The normalized spacial score (nSPS) is 49.2. The number of rotatable bonds is 0. The minimum absolute atomic E-state index is 0.108. The van der Waals surface area contributed by atoms with Crippen molar-refractivity contribution in [2.45, 2.75) is 29.2 Å². The Morgan fingerprint density at radius 3 is 2.50 bits per heavy atom. The average Bonchev–Trinajstić information content (AvgIpc) is 1.93. The first kappa shape index (κ1) is 8.70. The van der Waals surface area contributed by atoms with Gasteiger partial charge < -0.3 is 14.9 Å². The van der Waals surface area contributed by atoms with Crippen molar-refractivity contribution in [2.75, 3.05) is 0 Å². The molecule has 0 aromatic carbocycles. The van der Waals surface area contributed by atoms with Crippen LogP contribution in [0.5, 0.6) is 0 Å². The summed E-state index contributed by atoms with van der Waals surface area (Å²) in [6, 6.07) is 0. The molecule has 0 saturated carbocycles. The Kier molecular flexibility index (Phi) is 2.91. The molecule has 0 unspecified atom stereocenters. The maximum atomic E-state index is 9.25. The molecule has 1 aliphatic heterocycles. The first-order chi connectivity index (χ1) is 4.63. The van der Waals surface area contributed by atoms with Crippen LogP contribution in [-0.4, -0.2) is 32.4 Å². The summed E-state index contributed by atoms with van der Waals surface area (Å²) in [5.74, 6) is 0. The summed E-state index contributed by atoms with van der Waals surface area (Å²) in [4.78, 5) is 0. The first-order valence-electron chi connectivity index (χ1n) is 3.12. The van der Waals surface area contributed by atoms with Crippen molar-refractivity contribution in [3.63, 3.8) is 0 Å². The van der Waals surface area contributed by atoms with Gasteiger partial charge in [0.1, 0.15) is 6.10 Å². The molecule has 4 atom stereocenters. The van der Waals surface area contributed by atoms with E-state index in [9.17, 15) is 10.2 Å². The predicted octanol–water partition coefficient (Wildman–Crippen LogP) is 0.0923. The van der Waals surface area contributed by atoms with Crippen LogP contribution >= 0.6 is 22.6 Å². The zero-order chi connectivity index (χ0) is 7.72. The molecule has 1 heterocycles. The molecule has 0 aromatic heterocycles. The third-order valence-corrected chi connectivity index (χ3v) is 2.61. The van der Waals surface area contributed by atoms with E-state index in [1.165, 1.54) is 0 Å². The quantitative estimate of drug-likeness (QED) is 0.477. The highest BCUT2D eigenvalue weighted by molar-refractivity contribution is 14.1. The second-order valence-corrected chi connectivity index (χ2v) is 3.84. The van der Waals surface area contributed by atoms with Crippen LogP contribution in [0.4, 0.5) is 0 Å². The summed E-state index contributed by atoms with van der Waals surface area (Å²) in [5, 5.41) is 18.5. The van der Waals surface area contributed by atoms with Gasteiger partial charge in [0.15, 0.2) is 0 Å². The van der Waals surface area contributed by atoms with Gasteiger partial charge in [-0.1, -0.05) is 22.6 Å². The van der Waals surface area contributed by atoms with E-state index < -0.39 is 12.2 Å². The maximum absolute atomic E-state index is 9.25. The van der Waals surface area contributed by atoms with Crippen LogP contribution in [0.2, 0.25) is 0 Å². The molecule has 0 amide bonds. The molecule has 1 radical (unpaired) electrons. The summed E-state index contributed by atoms with van der Waals surface area (Å²) >= 11 is 2.02. The van der Waals surface area contributed by atoms with E-state index in [1.54, 1.807) is 13.5 Å². The lowest BCUT2D eigenvalue weighted by atomic mass is 10.0. The fourth-order valence-corrected chi connectivity index (χ4v) is 1.42. The smallest absolute Gasteiger partial charge is 0.107 e. The van der Waals surface area contributed by atoms with Gasteiger partial charge in [0.2, 0.25) is 0 Å². The van der Waals surface area contributed by atoms with Crippen LogP contribution in [0.25, 0.3) is 0 Å². The van der Waals surface area contributed by atoms with E-state index in [1.807, 2.05) is 22.6 Å². The highest BCUT2D eigenvalue weighted by Crippen LogP contribution is 2.23. The van der Waals surface area contributed by atoms with Crippen LogP contribution in [0.3, 0.4) is 0 Å². The molecule has 0 spiro atoms. The Bertz CT molecular complexity index is 106. The average molecular weight is 257 g/mol. The van der Waals surface area contributed by atoms with Crippen molar-refractivity contribution in [2.24, 2.45) is 0 Å². The van der Waals surface area contributed by atoms with Gasteiger partial charge in [0.25, 0.3) is 0 Å². The fourth-order valence-electron chi connectivity index (χ4n) is 0.826. The molecule has 1 aliphatic rings. The molecule has 1 fully saturated rings. The highest BCUT2D eigenvalue weighted by Gasteiger charge is 2.34. The van der Waals surface area contributed by atoms with Crippen molar-refractivity contribution in [1.82, 2.24) is 0 Å². The molecule has 1 saturated heterocycles. The second kappa shape index (κ2) is 3.34. The van der Waals surface area contributed by atoms with Crippen LogP contribution in [0.15, 0.2) is 0 Å². The molecule has 0 aliphatic carbocycles. The number of hydrogen-bond acceptors (Lipinski definition) is 3. The lowest BCUT2D eigenvalue weighted by Gasteiger charge is -2.32. The van der Waals surface area contributed by atoms with Gasteiger partial charge in [-0.05, 0) is 6.92 Å². The fraction of sp³-hybridized carbons (Fsp3) is 0.833. The maximum Gasteiger partial charge on any atom is 0.107 e. The highest BCUT2D eigenvalue weighted by atomic mass is 127. The van der Waals surface area contributed by atoms with Gasteiger partial charge in [-0.15, -0.1) is 0 Å². The zero-order valence-electron chi connectivity index (χ0n) is 5.57. The summed E-state index contributed by atoms with van der Waals surface area (Å²) < 4.78 is 4.92. The molecule has 4 heteroatoms. The molecule has 1 rings (SSSR count). The van der Waals surface area contributed by atoms with Crippen molar-refractivity contribution < 1.29 is 14.9 Å². The summed E-state index contributed by atoms with van der Waals surface area (Å²) in [5.41, 5.74) is 0.